The number of carbonyl (C=O) groups excluding carboxylic acids is 1. The van der Waals surface area contributed by atoms with Crippen LogP contribution in [0, 0.1) is 11.8 Å². The third-order valence-electron chi connectivity index (χ3n) is 6.87. The second kappa shape index (κ2) is 8.19. The zero-order valence-electron chi connectivity index (χ0n) is 18.5. The van der Waals surface area contributed by atoms with Crippen LogP contribution in [0.5, 0.6) is 5.75 Å². The number of hydrogen-bond acceptors (Lipinski definition) is 5. The third kappa shape index (κ3) is 3.64. The number of ether oxygens (including phenoxy) is 1. The highest BCUT2D eigenvalue weighted by molar-refractivity contribution is 7.22. The summed E-state index contributed by atoms with van der Waals surface area (Å²) in [6.07, 6.45) is 0. The minimum absolute atomic E-state index is 0.141. The smallest absolute Gasteiger partial charge is 0.254 e. The summed E-state index contributed by atoms with van der Waals surface area (Å²) in [6, 6.07) is 24.2. The Morgan fingerprint density at radius 3 is 2.42 bits per heavy atom. The Kier molecular flexibility index (Phi) is 5.03. The van der Waals surface area contributed by atoms with Crippen LogP contribution >= 0.6 is 11.3 Å². The van der Waals surface area contributed by atoms with Gasteiger partial charge in [0.15, 0.2) is 5.13 Å². The topological polar surface area (TPSA) is 45.7 Å². The van der Waals surface area contributed by atoms with Crippen LogP contribution in [0.4, 0.5) is 5.13 Å². The van der Waals surface area contributed by atoms with Gasteiger partial charge in [-0.1, -0.05) is 59.9 Å². The minimum atomic E-state index is 0.141. The number of rotatable bonds is 4. The van der Waals surface area contributed by atoms with Crippen LogP contribution in [0.3, 0.4) is 0 Å². The molecule has 6 rings (SSSR count). The van der Waals surface area contributed by atoms with Crippen molar-refractivity contribution in [3.63, 3.8) is 0 Å². The molecule has 4 aromatic rings. The number of fused-ring (bicyclic) bond motifs is 2. The lowest BCUT2D eigenvalue weighted by Gasteiger charge is -2.22. The Morgan fingerprint density at radius 2 is 1.67 bits per heavy atom. The van der Waals surface area contributed by atoms with Crippen molar-refractivity contribution in [2.45, 2.75) is 0 Å². The number of nitrogens with zero attached hydrogens (tertiary/aromatic N) is 3. The predicted octanol–water partition coefficient (Wildman–Crippen LogP) is 5.18. The van der Waals surface area contributed by atoms with Crippen LogP contribution in [-0.2, 0) is 0 Å². The molecule has 2 fully saturated rings. The number of amides is 1. The van der Waals surface area contributed by atoms with Gasteiger partial charge in [0, 0.05) is 43.6 Å². The zero-order valence-corrected chi connectivity index (χ0v) is 19.3. The number of hydrogen-bond donors (Lipinski definition) is 0. The van der Waals surface area contributed by atoms with Crippen molar-refractivity contribution in [2.75, 3.05) is 38.2 Å². The molecule has 33 heavy (non-hydrogen) atoms. The fraction of sp³-hybridized carbons (Fsp3) is 0.259. The van der Waals surface area contributed by atoms with Crippen LogP contribution in [-0.4, -0.2) is 49.1 Å². The van der Waals surface area contributed by atoms with E-state index in [1.165, 1.54) is 0 Å². The molecule has 0 spiro atoms. The van der Waals surface area contributed by atoms with Gasteiger partial charge < -0.3 is 14.5 Å². The van der Waals surface area contributed by atoms with E-state index in [2.05, 4.69) is 28.0 Å². The van der Waals surface area contributed by atoms with Crippen LogP contribution in [0.15, 0.2) is 72.8 Å². The van der Waals surface area contributed by atoms with Crippen molar-refractivity contribution in [1.29, 1.82) is 0 Å². The van der Waals surface area contributed by atoms with Crippen molar-refractivity contribution >= 4 is 32.6 Å². The van der Waals surface area contributed by atoms with E-state index in [1.807, 2.05) is 54.6 Å². The van der Waals surface area contributed by atoms with Gasteiger partial charge in [-0.15, -0.1) is 0 Å². The Hall–Kier alpha value is -3.38. The Bertz CT molecular complexity index is 1310. The van der Waals surface area contributed by atoms with E-state index < -0.39 is 0 Å². The van der Waals surface area contributed by atoms with Crippen molar-refractivity contribution in [1.82, 2.24) is 9.88 Å². The van der Waals surface area contributed by atoms with Gasteiger partial charge >= 0.3 is 0 Å². The molecule has 5 nitrogen and oxygen atoms in total. The molecule has 6 heteroatoms. The fourth-order valence-electron chi connectivity index (χ4n) is 5.18. The molecular weight excluding hydrogens is 430 g/mol. The quantitative estimate of drug-likeness (QED) is 0.425. The highest BCUT2D eigenvalue weighted by Crippen LogP contribution is 2.39. The van der Waals surface area contributed by atoms with Gasteiger partial charge in [0.05, 0.1) is 17.3 Å². The molecule has 2 atom stereocenters. The van der Waals surface area contributed by atoms with E-state index in [1.54, 1.807) is 18.4 Å². The normalized spacial score (nSPS) is 19.8. The molecular formula is C27H25N3O2S. The molecule has 2 saturated heterocycles. The van der Waals surface area contributed by atoms with Gasteiger partial charge in [0.2, 0.25) is 0 Å². The van der Waals surface area contributed by atoms with Gasteiger partial charge in [-0.05, 0) is 35.4 Å². The maximum Gasteiger partial charge on any atom is 0.254 e. The molecule has 2 aliphatic heterocycles. The molecule has 3 heterocycles. The van der Waals surface area contributed by atoms with Crippen LogP contribution < -0.4 is 9.64 Å². The van der Waals surface area contributed by atoms with Gasteiger partial charge in [-0.2, -0.15) is 0 Å². The Labute approximate surface area is 197 Å². The lowest BCUT2D eigenvalue weighted by molar-refractivity contribution is 0.0783. The van der Waals surface area contributed by atoms with E-state index in [0.29, 0.717) is 11.8 Å². The van der Waals surface area contributed by atoms with Crippen LogP contribution in [0.2, 0.25) is 0 Å². The molecule has 1 amide bonds. The van der Waals surface area contributed by atoms with Gasteiger partial charge in [-0.25, -0.2) is 4.98 Å². The number of thiazole rings is 1. The van der Waals surface area contributed by atoms with Gasteiger partial charge in [0.1, 0.15) is 5.75 Å². The van der Waals surface area contributed by atoms with Crippen molar-refractivity contribution < 1.29 is 9.53 Å². The highest BCUT2D eigenvalue weighted by Gasteiger charge is 2.42. The third-order valence-corrected chi connectivity index (χ3v) is 7.95. The SMILES string of the molecule is COc1ccc2nc(N3CC4CN(C(=O)c5ccccc5-c5ccccc5)CC4C3)sc2c1. The first-order valence-electron chi connectivity index (χ1n) is 11.3. The number of methoxy groups -OCH3 is 1. The van der Waals surface area contributed by atoms with E-state index in [0.717, 1.165) is 64.0 Å². The molecule has 2 aliphatic rings. The number of likely N-dealkylation sites (tertiary alicyclic amines) is 1. The first-order valence-corrected chi connectivity index (χ1v) is 12.1. The summed E-state index contributed by atoms with van der Waals surface area (Å²) in [7, 11) is 1.69. The van der Waals surface area contributed by atoms with Crippen LogP contribution in [0.25, 0.3) is 21.3 Å². The summed E-state index contributed by atoms with van der Waals surface area (Å²) < 4.78 is 6.50. The number of carbonyl (C=O) groups is 1. The fourth-order valence-corrected chi connectivity index (χ4v) is 6.19. The molecule has 166 valence electrons. The van der Waals surface area contributed by atoms with Crippen molar-refractivity contribution in [3.8, 4) is 16.9 Å². The number of anilines is 1. The second-order valence-electron chi connectivity index (χ2n) is 8.88. The lowest BCUT2D eigenvalue weighted by Crippen LogP contribution is -2.33. The Balaban J connectivity index is 1.18. The molecule has 1 aromatic heterocycles. The second-order valence-corrected chi connectivity index (χ2v) is 9.89. The molecule has 0 N–H and O–H groups in total. The minimum Gasteiger partial charge on any atom is -0.497 e. The van der Waals surface area contributed by atoms with Gasteiger partial charge in [0.25, 0.3) is 5.91 Å². The first kappa shape index (κ1) is 20.2. The average Bonchev–Trinajstić information content (AvgIpc) is 3.56. The van der Waals surface area contributed by atoms with E-state index >= 15 is 0 Å². The number of benzene rings is 3. The first-order chi connectivity index (χ1) is 16.2. The predicted molar refractivity (Wildman–Crippen MR) is 133 cm³/mol. The number of aromatic nitrogens is 1. The summed E-state index contributed by atoms with van der Waals surface area (Å²) in [5, 5.41) is 1.07. The van der Waals surface area contributed by atoms with E-state index in [-0.39, 0.29) is 5.91 Å². The lowest BCUT2D eigenvalue weighted by atomic mass is 9.99. The standard InChI is InChI=1S/C27H25N3O2S/c1-32-21-11-12-24-25(13-21)33-27(28-24)30-16-19-14-29(15-20(19)17-30)26(31)23-10-6-5-9-22(23)18-7-3-2-4-8-18/h2-13,19-20H,14-17H2,1H3. The maximum atomic E-state index is 13.5. The van der Waals surface area contributed by atoms with Gasteiger partial charge in [-0.3, -0.25) is 4.79 Å². The summed E-state index contributed by atoms with van der Waals surface area (Å²) in [5.41, 5.74) is 3.90. The summed E-state index contributed by atoms with van der Waals surface area (Å²) in [5.74, 6) is 1.97. The van der Waals surface area contributed by atoms with Crippen molar-refractivity contribution in [2.24, 2.45) is 11.8 Å². The molecule has 0 radical (unpaired) electrons. The monoisotopic (exact) mass is 455 g/mol. The molecule has 2 unspecified atom stereocenters. The molecule has 3 aromatic carbocycles. The van der Waals surface area contributed by atoms with Crippen LogP contribution in [0.1, 0.15) is 10.4 Å². The van der Waals surface area contributed by atoms with E-state index in [9.17, 15) is 4.79 Å². The maximum absolute atomic E-state index is 13.5. The molecule has 0 saturated carbocycles. The highest BCUT2D eigenvalue weighted by atomic mass is 32.1. The summed E-state index contributed by atoms with van der Waals surface area (Å²) in [6.45, 7) is 3.52. The largest absolute Gasteiger partial charge is 0.497 e. The van der Waals surface area contributed by atoms with Crippen molar-refractivity contribution in [3.05, 3.63) is 78.4 Å². The molecule has 0 bridgehead atoms. The average molecular weight is 456 g/mol. The summed E-state index contributed by atoms with van der Waals surface area (Å²) in [4.78, 5) is 22.8. The Morgan fingerprint density at radius 1 is 0.939 bits per heavy atom. The summed E-state index contributed by atoms with van der Waals surface area (Å²) >= 11 is 1.72. The molecule has 0 aliphatic carbocycles. The van der Waals surface area contributed by atoms with E-state index in [4.69, 9.17) is 9.72 Å². The zero-order chi connectivity index (χ0) is 22.4.